The summed E-state index contributed by atoms with van der Waals surface area (Å²) in [5.74, 6) is -1.41. The van der Waals surface area contributed by atoms with Gasteiger partial charge >= 0.3 is 0 Å². The van der Waals surface area contributed by atoms with E-state index in [1.807, 2.05) is 18.2 Å². The first-order valence-electron chi connectivity index (χ1n) is 12.8. The second kappa shape index (κ2) is 9.23. The molecule has 3 aliphatic heterocycles. The number of benzene rings is 2. The van der Waals surface area contributed by atoms with Crippen LogP contribution in [0.5, 0.6) is 0 Å². The summed E-state index contributed by atoms with van der Waals surface area (Å²) in [4.78, 5) is 56.4. The van der Waals surface area contributed by atoms with Gasteiger partial charge in [0.2, 0.25) is 11.8 Å². The van der Waals surface area contributed by atoms with Crippen LogP contribution >= 0.6 is 11.6 Å². The first-order chi connectivity index (χ1) is 18.2. The minimum absolute atomic E-state index is 0.00911. The van der Waals surface area contributed by atoms with Crippen molar-refractivity contribution in [2.75, 3.05) is 13.1 Å². The van der Waals surface area contributed by atoms with Gasteiger partial charge in [0.25, 0.3) is 11.8 Å². The summed E-state index contributed by atoms with van der Waals surface area (Å²) in [5, 5.41) is 2.98. The number of amides is 4. The minimum Gasteiger partial charge on any atom is -0.348 e. The molecule has 0 radical (unpaired) electrons. The number of aromatic amines is 1. The molecule has 1 aromatic heterocycles. The number of carbonyl (C=O) groups excluding carboxylic acids is 4. The van der Waals surface area contributed by atoms with Crippen molar-refractivity contribution in [3.05, 3.63) is 69.1 Å². The Labute approximate surface area is 223 Å². The lowest BCUT2D eigenvalue weighted by Gasteiger charge is -2.32. The third-order valence-corrected chi connectivity index (χ3v) is 8.43. The molecule has 0 aliphatic carbocycles. The van der Waals surface area contributed by atoms with Crippen molar-refractivity contribution < 1.29 is 23.6 Å². The Hall–Kier alpha value is -3.72. The zero-order valence-corrected chi connectivity index (χ0v) is 21.5. The third kappa shape index (κ3) is 3.96. The number of nitrogens with one attached hydrogen (secondary N) is 2. The molecule has 4 amide bonds. The monoisotopic (exact) mass is 536 g/mol. The fraction of sp³-hybridized carbons (Fsp3) is 0.357. The van der Waals surface area contributed by atoms with Gasteiger partial charge in [-0.15, -0.1) is 0 Å². The number of aryl methyl sites for hydroxylation is 1. The van der Waals surface area contributed by atoms with Gasteiger partial charge in [0.05, 0.1) is 10.5 Å². The Morgan fingerprint density at radius 2 is 1.84 bits per heavy atom. The fourth-order valence-corrected chi connectivity index (χ4v) is 6.13. The van der Waals surface area contributed by atoms with Gasteiger partial charge < -0.3 is 14.8 Å². The van der Waals surface area contributed by atoms with E-state index in [1.165, 1.54) is 6.07 Å². The molecule has 196 valence electrons. The number of carbonyl (C=O) groups is 4. The molecule has 1 unspecified atom stereocenters. The molecule has 2 fully saturated rings. The number of aromatic nitrogens is 1. The highest BCUT2D eigenvalue weighted by Gasteiger charge is 2.39. The van der Waals surface area contributed by atoms with Crippen molar-refractivity contribution >= 4 is 46.1 Å². The normalized spacial score (nSPS) is 20.3. The van der Waals surface area contributed by atoms with Crippen molar-refractivity contribution in [1.29, 1.82) is 0 Å². The minimum atomic E-state index is -0.636. The highest BCUT2D eigenvalue weighted by atomic mass is 35.5. The van der Waals surface area contributed by atoms with Crippen molar-refractivity contribution in [2.45, 2.75) is 51.1 Å². The van der Waals surface area contributed by atoms with E-state index in [4.69, 9.17) is 11.6 Å². The van der Waals surface area contributed by atoms with Crippen LogP contribution in [0.3, 0.4) is 0 Å². The molecule has 3 aromatic rings. The zero-order valence-electron chi connectivity index (χ0n) is 20.8. The first kappa shape index (κ1) is 24.6. The molecule has 1 atom stereocenters. The van der Waals surface area contributed by atoms with Crippen molar-refractivity contribution in [1.82, 2.24) is 20.1 Å². The smallest absolute Gasteiger partial charge is 0.270 e. The standard InChI is InChI=1S/C28H26ClFN4O4/c1-14-18-4-5-20(29)23(30)25(18)32-24(14)28(38)33-10-8-15(9-11-33)16-2-3-19-17(12-16)13-34(27(19)37)21-6-7-22(35)31-26(21)36/h2-5,12,15,21,32H,6-11,13H2,1H3,(H,31,35,36). The molecule has 8 nitrogen and oxygen atoms in total. The Balaban J connectivity index is 1.14. The lowest BCUT2D eigenvalue weighted by Crippen LogP contribution is -2.52. The van der Waals surface area contributed by atoms with Crippen molar-refractivity contribution in [3.8, 4) is 0 Å². The van der Waals surface area contributed by atoms with Crippen LogP contribution in [0, 0.1) is 12.7 Å². The van der Waals surface area contributed by atoms with E-state index < -0.39 is 17.8 Å². The molecule has 3 aliphatic rings. The van der Waals surface area contributed by atoms with Crippen molar-refractivity contribution in [2.24, 2.45) is 0 Å². The molecule has 4 heterocycles. The Morgan fingerprint density at radius 1 is 1.08 bits per heavy atom. The lowest BCUT2D eigenvalue weighted by atomic mass is 9.87. The number of nitrogens with zero attached hydrogens (tertiary/aromatic N) is 2. The highest BCUT2D eigenvalue weighted by Crippen LogP contribution is 2.35. The summed E-state index contributed by atoms with van der Waals surface area (Å²) < 4.78 is 14.5. The summed E-state index contributed by atoms with van der Waals surface area (Å²) in [6.45, 7) is 3.25. The average molecular weight is 537 g/mol. The second-order valence-corrected chi connectivity index (χ2v) is 10.7. The number of imide groups is 1. The summed E-state index contributed by atoms with van der Waals surface area (Å²) >= 11 is 5.91. The van der Waals surface area contributed by atoms with Crippen LogP contribution in [0.15, 0.2) is 30.3 Å². The predicted octanol–water partition coefficient (Wildman–Crippen LogP) is 4.05. The topological polar surface area (TPSA) is 103 Å². The maximum absolute atomic E-state index is 14.5. The first-order valence-corrected chi connectivity index (χ1v) is 13.1. The maximum atomic E-state index is 14.5. The molecule has 2 saturated heterocycles. The number of likely N-dealkylation sites (tertiary alicyclic amines) is 1. The number of fused-ring (bicyclic) bond motifs is 2. The molecule has 0 spiro atoms. The van der Waals surface area contributed by atoms with Gasteiger partial charge in [0.1, 0.15) is 11.7 Å². The van der Waals surface area contributed by atoms with Gasteiger partial charge in [-0.3, -0.25) is 24.5 Å². The Bertz CT molecular complexity index is 1520. The number of hydrogen-bond acceptors (Lipinski definition) is 4. The van der Waals surface area contributed by atoms with Gasteiger partial charge in [-0.25, -0.2) is 4.39 Å². The molecule has 2 N–H and O–H groups in total. The summed E-state index contributed by atoms with van der Waals surface area (Å²) in [6.07, 6.45) is 2.07. The lowest BCUT2D eigenvalue weighted by molar-refractivity contribution is -0.136. The van der Waals surface area contributed by atoms with Gasteiger partial charge in [-0.1, -0.05) is 29.8 Å². The van der Waals surface area contributed by atoms with Crippen molar-refractivity contribution in [3.63, 3.8) is 0 Å². The van der Waals surface area contributed by atoms with E-state index in [-0.39, 0.29) is 40.6 Å². The van der Waals surface area contributed by atoms with E-state index in [2.05, 4.69) is 10.3 Å². The largest absolute Gasteiger partial charge is 0.348 e. The van der Waals surface area contributed by atoms with Crippen LogP contribution in [0.4, 0.5) is 4.39 Å². The van der Waals surface area contributed by atoms with Crippen LogP contribution in [0.2, 0.25) is 5.02 Å². The quantitative estimate of drug-likeness (QED) is 0.493. The molecule has 38 heavy (non-hydrogen) atoms. The number of rotatable bonds is 3. The van der Waals surface area contributed by atoms with Gasteiger partial charge in [0.15, 0.2) is 5.82 Å². The van der Waals surface area contributed by atoms with E-state index >= 15 is 0 Å². The third-order valence-electron chi connectivity index (χ3n) is 8.14. The molecule has 6 rings (SSSR count). The number of H-pyrrole nitrogens is 1. The van der Waals surface area contributed by atoms with Crippen LogP contribution < -0.4 is 5.32 Å². The average Bonchev–Trinajstić information content (AvgIpc) is 3.42. The molecule has 10 heteroatoms. The van der Waals surface area contributed by atoms with Gasteiger partial charge in [0, 0.05) is 37.0 Å². The molecule has 2 aromatic carbocycles. The highest BCUT2D eigenvalue weighted by molar-refractivity contribution is 6.31. The summed E-state index contributed by atoms with van der Waals surface area (Å²) in [5.41, 5.74) is 3.90. The van der Waals surface area contributed by atoms with Crippen LogP contribution in [-0.2, 0) is 16.1 Å². The van der Waals surface area contributed by atoms with Crippen LogP contribution in [-0.4, -0.2) is 57.5 Å². The Kier molecular flexibility index (Phi) is 5.98. The Morgan fingerprint density at radius 3 is 2.58 bits per heavy atom. The van der Waals surface area contributed by atoms with Gasteiger partial charge in [-0.2, -0.15) is 0 Å². The fourth-order valence-electron chi connectivity index (χ4n) is 5.97. The van der Waals surface area contributed by atoms with Gasteiger partial charge in [-0.05, 0) is 60.9 Å². The molecule has 0 saturated carbocycles. The van der Waals surface area contributed by atoms with Crippen LogP contribution in [0.25, 0.3) is 10.9 Å². The SMILES string of the molecule is Cc1c(C(=O)N2CCC(c3ccc4c(c3)CN(C3CCC(=O)NC3=O)C4=O)CC2)[nH]c2c(F)c(Cl)ccc12. The number of piperidine rings is 2. The zero-order chi connectivity index (χ0) is 26.7. The predicted molar refractivity (Wildman–Crippen MR) is 138 cm³/mol. The molecular weight excluding hydrogens is 511 g/mol. The summed E-state index contributed by atoms with van der Waals surface area (Å²) in [6, 6.07) is 8.40. The number of halogens is 2. The number of hydrogen-bond donors (Lipinski definition) is 2. The molecule has 0 bridgehead atoms. The molecular formula is C28H26ClFN4O4. The van der Waals surface area contributed by atoms with E-state index in [9.17, 15) is 23.6 Å². The summed E-state index contributed by atoms with van der Waals surface area (Å²) in [7, 11) is 0. The second-order valence-electron chi connectivity index (χ2n) is 10.3. The van der Waals surface area contributed by atoms with E-state index in [0.717, 1.165) is 24.0 Å². The van der Waals surface area contributed by atoms with Crippen LogP contribution in [0.1, 0.15) is 69.1 Å². The van der Waals surface area contributed by atoms with E-state index in [1.54, 1.807) is 22.8 Å². The maximum Gasteiger partial charge on any atom is 0.270 e. The van der Waals surface area contributed by atoms with E-state index in [0.29, 0.717) is 48.3 Å².